The largest absolute Gasteiger partial charge is 0.505 e. The SMILES string of the molecule is Cc1cc(CC(C)C)c(O)c(-n2nc3ccc(S)cc3n2)c1. The van der Waals surface area contributed by atoms with Gasteiger partial charge in [-0.05, 0) is 54.7 Å². The van der Waals surface area contributed by atoms with Crippen LogP contribution in [0, 0.1) is 12.8 Å². The van der Waals surface area contributed by atoms with E-state index in [1.807, 2.05) is 37.3 Å². The molecule has 0 fully saturated rings. The van der Waals surface area contributed by atoms with Crippen molar-refractivity contribution in [2.45, 2.75) is 32.1 Å². The highest BCUT2D eigenvalue weighted by atomic mass is 32.1. The molecule has 0 saturated heterocycles. The molecular weight excluding hydrogens is 294 g/mol. The van der Waals surface area contributed by atoms with Crippen LogP contribution in [-0.2, 0) is 6.42 Å². The zero-order valence-electron chi connectivity index (χ0n) is 12.9. The van der Waals surface area contributed by atoms with Crippen molar-refractivity contribution < 1.29 is 5.11 Å². The molecule has 0 unspecified atom stereocenters. The molecule has 2 aromatic carbocycles. The minimum Gasteiger partial charge on any atom is -0.505 e. The van der Waals surface area contributed by atoms with E-state index in [4.69, 9.17) is 0 Å². The van der Waals surface area contributed by atoms with Gasteiger partial charge in [-0.1, -0.05) is 19.9 Å². The highest BCUT2D eigenvalue weighted by Gasteiger charge is 2.14. The third-order valence-corrected chi connectivity index (χ3v) is 3.80. The predicted octanol–water partition coefficient (Wildman–Crippen LogP) is 3.92. The van der Waals surface area contributed by atoms with E-state index in [1.54, 1.807) is 0 Å². The quantitative estimate of drug-likeness (QED) is 0.721. The summed E-state index contributed by atoms with van der Waals surface area (Å²) >= 11 is 4.32. The third-order valence-electron chi connectivity index (χ3n) is 3.52. The summed E-state index contributed by atoms with van der Waals surface area (Å²) in [6.45, 7) is 6.29. The van der Waals surface area contributed by atoms with Crippen LogP contribution in [0.1, 0.15) is 25.0 Å². The van der Waals surface area contributed by atoms with Gasteiger partial charge in [0.25, 0.3) is 0 Å². The van der Waals surface area contributed by atoms with Crippen molar-refractivity contribution in [1.29, 1.82) is 0 Å². The number of thiol groups is 1. The zero-order chi connectivity index (χ0) is 15.9. The van der Waals surface area contributed by atoms with Crippen molar-refractivity contribution >= 4 is 23.7 Å². The summed E-state index contributed by atoms with van der Waals surface area (Å²) in [7, 11) is 0. The maximum Gasteiger partial charge on any atom is 0.146 e. The zero-order valence-corrected chi connectivity index (χ0v) is 13.8. The van der Waals surface area contributed by atoms with E-state index >= 15 is 0 Å². The van der Waals surface area contributed by atoms with Gasteiger partial charge in [-0.2, -0.15) is 0 Å². The van der Waals surface area contributed by atoms with Crippen LogP contribution in [0.5, 0.6) is 5.75 Å². The van der Waals surface area contributed by atoms with E-state index in [0.717, 1.165) is 33.5 Å². The van der Waals surface area contributed by atoms with E-state index in [9.17, 15) is 5.11 Å². The molecular formula is C17H19N3OS. The van der Waals surface area contributed by atoms with Gasteiger partial charge in [-0.25, -0.2) is 0 Å². The first kappa shape index (κ1) is 14.9. The lowest BCUT2D eigenvalue weighted by Crippen LogP contribution is -2.03. The summed E-state index contributed by atoms with van der Waals surface area (Å²) in [6.07, 6.45) is 0.822. The topological polar surface area (TPSA) is 50.9 Å². The van der Waals surface area contributed by atoms with Crippen molar-refractivity contribution in [3.8, 4) is 11.4 Å². The van der Waals surface area contributed by atoms with Crippen LogP contribution in [0.25, 0.3) is 16.7 Å². The lowest BCUT2D eigenvalue weighted by Gasteiger charge is -2.12. The van der Waals surface area contributed by atoms with Gasteiger partial charge in [0.1, 0.15) is 22.5 Å². The van der Waals surface area contributed by atoms with Gasteiger partial charge in [0.2, 0.25) is 0 Å². The Hall–Kier alpha value is -2.01. The summed E-state index contributed by atoms with van der Waals surface area (Å²) in [5.74, 6) is 0.725. The van der Waals surface area contributed by atoms with E-state index in [2.05, 4.69) is 36.7 Å². The normalized spacial score (nSPS) is 11.5. The first-order chi connectivity index (χ1) is 10.4. The number of hydrogen-bond donors (Lipinski definition) is 2. The minimum absolute atomic E-state index is 0.255. The monoisotopic (exact) mass is 313 g/mol. The summed E-state index contributed by atoms with van der Waals surface area (Å²) in [6, 6.07) is 9.55. The number of phenolic OH excluding ortho intramolecular Hbond substituents is 1. The van der Waals surface area contributed by atoms with Crippen LogP contribution in [0.2, 0.25) is 0 Å². The molecule has 0 amide bonds. The molecule has 1 N–H and O–H groups in total. The molecule has 0 spiro atoms. The summed E-state index contributed by atoms with van der Waals surface area (Å²) in [5.41, 5.74) is 4.18. The van der Waals surface area contributed by atoms with E-state index in [1.165, 1.54) is 4.80 Å². The Morgan fingerprint density at radius 3 is 2.59 bits per heavy atom. The molecule has 0 saturated carbocycles. The molecule has 114 valence electrons. The molecule has 4 nitrogen and oxygen atoms in total. The number of aryl methyl sites for hydroxylation is 1. The van der Waals surface area contributed by atoms with Crippen LogP contribution in [0.15, 0.2) is 35.2 Å². The van der Waals surface area contributed by atoms with Gasteiger partial charge in [0.15, 0.2) is 0 Å². The third kappa shape index (κ3) is 2.81. The number of fused-ring (bicyclic) bond motifs is 1. The molecule has 5 heteroatoms. The van der Waals surface area contributed by atoms with Gasteiger partial charge >= 0.3 is 0 Å². The average molecular weight is 313 g/mol. The first-order valence-electron chi connectivity index (χ1n) is 7.33. The first-order valence-corrected chi connectivity index (χ1v) is 7.77. The summed E-state index contributed by atoms with van der Waals surface area (Å²) in [5, 5.41) is 19.5. The summed E-state index contributed by atoms with van der Waals surface area (Å²) in [4.78, 5) is 2.35. The van der Waals surface area contributed by atoms with E-state index < -0.39 is 0 Å². The number of nitrogens with zero attached hydrogens (tertiary/aromatic N) is 3. The van der Waals surface area contributed by atoms with Gasteiger partial charge in [0.05, 0.1) is 0 Å². The van der Waals surface area contributed by atoms with Crippen molar-refractivity contribution in [2.75, 3.05) is 0 Å². The smallest absolute Gasteiger partial charge is 0.146 e. The molecule has 1 heterocycles. The molecule has 0 radical (unpaired) electrons. The maximum atomic E-state index is 10.6. The molecule has 0 aliphatic carbocycles. The number of aromatic hydroxyl groups is 1. The second kappa shape index (κ2) is 5.65. The lowest BCUT2D eigenvalue weighted by atomic mass is 9.99. The molecule has 3 rings (SSSR count). The van der Waals surface area contributed by atoms with Gasteiger partial charge in [0, 0.05) is 4.90 Å². The Morgan fingerprint density at radius 1 is 1.14 bits per heavy atom. The Kier molecular flexibility index (Phi) is 3.83. The van der Waals surface area contributed by atoms with Crippen LogP contribution in [0.3, 0.4) is 0 Å². The van der Waals surface area contributed by atoms with Gasteiger partial charge in [-0.3, -0.25) is 0 Å². The Bertz CT molecular complexity index is 839. The van der Waals surface area contributed by atoms with Crippen molar-refractivity contribution in [2.24, 2.45) is 5.92 Å². The highest BCUT2D eigenvalue weighted by molar-refractivity contribution is 7.80. The van der Waals surface area contributed by atoms with E-state index in [-0.39, 0.29) is 5.75 Å². The molecule has 3 aromatic rings. The Labute approximate surface area is 135 Å². The Morgan fingerprint density at radius 2 is 1.86 bits per heavy atom. The van der Waals surface area contributed by atoms with Crippen LogP contribution in [-0.4, -0.2) is 20.1 Å². The standard InChI is InChI=1S/C17H19N3OS/c1-10(2)6-12-7-11(3)8-16(17(12)21)20-18-14-5-4-13(22)9-15(14)19-20/h4-5,7-10,21-22H,6H2,1-3H3. The second-order valence-electron chi connectivity index (χ2n) is 6.05. The highest BCUT2D eigenvalue weighted by Crippen LogP contribution is 2.29. The fourth-order valence-electron chi connectivity index (χ4n) is 2.59. The van der Waals surface area contributed by atoms with Gasteiger partial charge in [-0.15, -0.1) is 27.6 Å². The fraction of sp³-hybridized carbons (Fsp3) is 0.294. The number of rotatable bonds is 3. The molecule has 0 bridgehead atoms. The number of phenols is 1. The van der Waals surface area contributed by atoms with Crippen molar-refractivity contribution in [3.05, 3.63) is 41.5 Å². The average Bonchev–Trinajstić information content (AvgIpc) is 2.84. The van der Waals surface area contributed by atoms with Gasteiger partial charge < -0.3 is 5.11 Å². The molecule has 0 aliphatic heterocycles. The maximum absolute atomic E-state index is 10.6. The lowest BCUT2D eigenvalue weighted by molar-refractivity contribution is 0.455. The Balaban J connectivity index is 2.14. The molecule has 22 heavy (non-hydrogen) atoms. The van der Waals surface area contributed by atoms with E-state index in [0.29, 0.717) is 11.6 Å². The van der Waals surface area contributed by atoms with Crippen LogP contribution < -0.4 is 0 Å². The second-order valence-corrected chi connectivity index (χ2v) is 6.57. The van der Waals surface area contributed by atoms with Crippen molar-refractivity contribution in [3.63, 3.8) is 0 Å². The fourth-order valence-corrected chi connectivity index (χ4v) is 2.79. The van der Waals surface area contributed by atoms with Crippen LogP contribution >= 0.6 is 12.6 Å². The van der Waals surface area contributed by atoms with Crippen LogP contribution in [0.4, 0.5) is 0 Å². The summed E-state index contributed by atoms with van der Waals surface area (Å²) < 4.78 is 0. The molecule has 0 aliphatic rings. The molecule has 0 atom stereocenters. The predicted molar refractivity (Wildman–Crippen MR) is 91.1 cm³/mol. The molecule has 1 aromatic heterocycles. The minimum atomic E-state index is 0.255. The van der Waals surface area contributed by atoms with Crippen molar-refractivity contribution in [1.82, 2.24) is 15.0 Å². The number of benzene rings is 2. The number of hydrogen-bond acceptors (Lipinski definition) is 4. The number of aromatic nitrogens is 3.